The number of nitrogens with one attached hydrogen (secondary N) is 4. The van der Waals surface area contributed by atoms with Crippen LogP contribution in [0, 0.1) is 25.0 Å². The molecule has 38 heteroatoms. The summed E-state index contributed by atoms with van der Waals surface area (Å²) >= 11 is 5.71. The van der Waals surface area contributed by atoms with Crippen LogP contribution >= 0.6 is 15.2 Å². The predicted molar refractivity (Wildman–Crippen MR) is 341 cm³/mol. The van der Waals surface area contributed by atoms with Crippen molar-refractivity contribution in [3.63, 3.8) is 0 Å². The maximum Gasteiger partial charge on any atom is 0.330 e. The van der Waals surface area contributed by atoms with Crippen LogP contribution in [0.1, 0.15) is 83.0 Å². The minimum Gasteiger partial charge on any atom is -0.400 e. The topological polar surface area (TPSA) is 412 Å². The van der Waals surface area contributed by atoms with Gasteiger partial charge in [0, 0.05) is 118 Å². The first-order valence-corrected chi connectivity index (χ1v) is 32.7. The van der Waals surface area contributed by atoms with Gasteiger partial charge in [0.25, 0.3) is 30.8 Å². The lowest BCUT2D eigenvalue weighted by atomic mass is 10.0. The van der Waals surface area contributed by atoms with Gasteiger partial charge in [-0.1, -0.05) is 13.8 Å². The molecule has 0 bridgehead atoms. The molecule has 18 atom stereocenters. The summed E-state index contributed by atoms with van der Waals surface area (Å²) in [7, 11) is 6.82. The van der Waals surface area contributed by atoms with Crippen molar-refractivity contribution >= 4 is 27.1 Å². The maximum absolute atomic E-state index is 12.5. The number of aromatic amines is 4. The van der Waals surface area contributed by atoms with Crippen molar-refractivity contribution in [3.8, 4) is 0 Å². The third-order valence-corrected chi connectivity index (χ3v) is 19.2. The molecule has 4 aromatic heterocycles. The average Bonchev–Trinajstić information content (AvgIpc) is 1.65. The van der Waals surface area contributed by atoms with Gasteiger partial charge in [-0.2, -0.15) is 0 Å². The van der Waals surface area contributed by atoms with E-state index >= 15 is 0 Å². The highest BCUT2D eigenvalue weighted by atomic mass is 32.5. The van der Waals surface area contributed by atoms with Crippen molar-refractivity contribution in [3.05, 3.63) is 155 Å². The highest BCUT2D eigenvalue weighted by Crippen LogP contribution is 2.55. The quantitative estimate of drug-likeness (QED) is 0.0271. The molecule has 0 aromatic carbocycles. The molecule has 4 fully saturated rings. The van der Waals surface area contributed by atoms with Crippen LogP contribution in [-0.2, 0) is 72.3 Å². The van der Waals surface area contributed by atoms with Gasteiger partial charge in [-0.3, -0.25) is 61.9 Å². The molecular weight excluding hydrogens is 1300 g/mol. The fourth-order valence-corrected chi connectivity index (χ4v) is 14.2. The number of aliphatic hydroxyl groups is 3. The third-order valence-electron chi connectivity index (χ3n) is 14.7. The summed E-state index contributed by atoms with van der Waals surface area (Å²) in [5.74, 6) is -0.372. The highest BCUT2D eigenvalue weighted by Gasteiger charge is 2.51. The van der Waals surface area contributed by atoms with Crippen molar-refractivity contribution in [1.82, 2.24) is 42.9 Å². The molecule has 8 rings (SSSR count). The van der Waals surface area contributed by atoms with Crippen LogP contribution in [0.4, 0.5) is 0 Å². The first kappa shape index (κ1) is 73.9. The molecule has 0 saturated carbocycles. The number of hydrogen-bond acceptors (Lipinski definition) is 26. The monoisotopic (exact) mass is 1400 g/mol. The lowest BCUT2D eigenvalue weighted by Crippen LogP contribution is -2.41. The van der Waals surface area contributed by atoms with Crippen molar-refractivity contribution < 1.29 is 78.6 Å². The zero-order valence-corrected chi connectivity index (χ0v) is 56.5. The fourth-order valence-electron chi connectivity index (χ4n) is 10.3. The van der Waals surface area contributed by atoms with Crippen LogP contribution in [0.15, 0.2) is 87.4 Å². The van der Waals surface area contributed by atoms with Gasteiger partial charge >= 0.3 is 29.5 Å². The number of H-pyrrole nitrogens is 4. The van der Waals surface area contributed by atoms with Crippen LogP contribution in [-0.4, -0.2) is 216 Å². The highest BCUT2D eigenvalue weighted by molar-refractivity contribution is 8.07. The first-order valence-electron chi connectivity index (χ1n) is 31.2. The molecule has 35 nitrogen and oxygen atoms in total. The van der Waals surface area contributed by atoms with Gasteiger partial charge in [0.1, 0.15) is 49.8 Å². The molecule has 4 aliphatic rings. The Labute approximate surface area is 552 Å². The van der Waals surface area contributed by atoms with Crippen molar-refractivity contribution in [1.29, 1.82) is 2.86 Å². The summed E-state index contributed by atoms with van der Waals surface area (Å²) in [6, 6.07) is 5.02. The Morgan fingerprint density at radius 3 is 1.34 bits per heavy atom. The number of ether oxygens (including phenoxy) is 8. The molecule has 4 aliphatic heterocycles. The van der Waals surface area contributed by atoms with Gasteiger partial charge in [0.15, 0.2) is 24.9 Å². The summed E-state index contributed by atoms with van der Waals surface area (Å²) in [6.45, 7) is 21.8. The van der Waals surface area contributed by atoms with E-state index in [1.165, 1.54) is 99.3 Å². The Hall–Kier alpha value is -5.90. The van der Waals surface area contributed by atoms with E-state index < -0.39 is 140 Å². The Bertz CT molecular complexity index is 3710. The Morgan fingerprint density at radius 2 is 0.979 bits per heavy atom. The van der Waals surface area contributed by atoms with Crippen LogP contribution in [0.2, 0.25) is 0 Å². The summed E-state index contributed by atoms with van der Waals surface area (Å²) in [5.41, 5.74) is -4.74. The van der Waals surface area contributed by atoms with Crippen LogP contribution < -0.4 is 45.0 Å². The number of aliphatic hydroxyl groups excluding tert-OH is 3. The minimum absolute atomic E-state index is 0.0312. The van der Waals surface area contributed by atoms with E-state index in [0.29, 0.717) is 0 Å². The number of methoxy groups -OCH3 is 4. The molecule has 8 heterocycles. The number of rotatable bonds is 25. The molecule has 0 aliphatic carbocycles. The minimum atomic E-state index is -3.69. The number of hydrogen-bond donors (Lipinski definition) is 7. The van der Waals surface area contributed by atoms with Crippen LogP contribution in [0.3, 0.4) is 0 Å². The Balaban J connectivity index is 0.000000322. The molecule has 6 unspecified atom stereocenters. The molecule has 0 amide bonds. The zero-order chi connectivity index (χ0) is 73.1. The predicted octanol–water partition coefficient (Wildman–Crippen LogP) is 0.560. The van der Waals surface area contributed by atoms with E-state index in [0.717, 1.165) is 10.6 Å². The summed E-state index contributed by atoms with van der Waals surface area (Å²) in [4.78, 5) is 110. The van der Waals surface area contributed by atoms with E-state index in [4.69, 9.17) is 91.1 Å². The first-order chi connectivity index (χ1) is 46.7. The second-order valence-electron chi connectivity index (χ2n) is 21.2. The molecule has 4 saturated heterocycles. The average molecular weight is 1400 g/mol. The van der Waals surface area contributed by atoms with E-state index in [9.17, 15) is 43.5 Å². The number of aromatic nitrogens is 8. The molecule has 7 N–H and O–H groups in total. The van der Waals surface area contributed by atoms with Crippen LogP contribution in [0.5, 0.6) is 0 Å². The molecule has 0 spiro atoms. The molecule has 526 valence electrons. The van der Waals surface area contributed by atoms with E-state index in [2.05, 4.69) is 44.5 Å². The maximum atomic E-state index is 12.5. The molecular formula is C56H87N11O24P2S. The van der Waals surface area contributed by atoms with E-state index in [-0.39, 0.29) is 83.3 Å². The van der Waals surface area contributed by atoms with Gasteiger partial charge in [0.05, 0.1) is 37.6 Å². The standard InChI is InChI=1S/C24H32N5O11PS.C19H31N4O6P.C11H16N2O5.2CH4O/c1-13-15(39-21(18(13)34-4)28-9-6-16(30)26-23(28)32)12-37-41(42,36-11-8-25-3)40-19-14(2)38-22(20(19)35-5)29-10-7-17(31)27-24(29)33;1-12(2)23(13(3)4)30(27-11-9-20-6)29-16-14(5)28-18(17(16)26-7)22-10-8-15(24)21-19(22)25;1-6-7(5-14)18-10(9(6)17-2)13-4-3-8(15)12-11(13)16;2*1-2/h6-7,9-10,13-15,18-22H,8,11-12H2,1-2,4-5H3,(H,26,30,32)(H,27,31,33);8,10,12-14,16-18H,9,11H2,1-5,7H3,(H,21,24,25);3-4,6-7,9-10,14H,5H2,1-2H3,(H,12,15,16);2*2H,1H3/t13?,14-,15-,18+,19?,20+,21-,22-,41?;14-,16?,17+,18-,30?;6?,7-,9+,10-;;/m111../s1/i2D;5D;;2*2T. The molecule has 94 heavy (non-hydrogen) atoms. The van der Waals surface area contributed by atoms with Gasteiger partial charge in [-0.25, -0.2) is 37.0 Å². The Morgan fingerprint density at radius 1 is 0.617 bits per heavy atom. The molecule has 4 aromatic rings. The lowest BCUT2D eigenvalue weighted by Gasteiger charge is -2.37. The van der Waals surface area contributed by atoms with Crippen molar-refractivity contribution in [2.24, 2.45) is 11.8 Å². The van der Waals surface area contributed by atoms with Gasteiger partial charge in [0.2, 0.25) is 16.0 Å². The summed E-state index contributed by atoms with van der Waals surface area (Å²) in [6.07, 6.45) is -5.23. The van der Waals surface area contributed by atoms with Gasteiger partial charge in [-0.15, -0.1) is 0 Å². The lowest BCUT2D eigenvalue weighted by molar-refractivity contribution is -0.0642. The number of nitrogens with zero attached hydrogens (tertiary/aromatic N) is 7. The fraction of sp³-hybridized carbons (Fsp3) is 0.679. The second kappa shape index (κ2) is 38.7. The van der Waals surface area contributed by atoms with Gasteiger partial charge < -0.3 is 81.0 Å². The second-order valence-corrected chi connectivity index (χ2v) is 25.5. The molecule has 0 radical (unpaired) electrons. The SMILES string of the molecule is CO[C@H]1C(C)[C@@H](CO)O[C@H]1n1ccc(=O)[nH]c1=O.[2H]C[C@H]1O[C@@H](n2ccc(=O)[nH]c2=O)[C@@H](OC)C1OP(=S)(OCC[N+]#[C-])OC[C@H]1O[C@@H](n2ccc(=O)[nH]c2=O)[C@@H](OC)C1C.[2H]C[C@H]1O[C@@H](n2ccc(=O)[nH]c2=O)[C@@H](OC)C1OP(OCC[N+]#[C-])N(C(C)C)C(C)C.[3H]OC.[3H]OC. The van der Waals surface area contributed by atoms with Crippen molar-refractivity contribution in [2.45, 2.75) is 153 Å². The van der Waals surface area contributed by atoms with Gasteiger partial charge in [-0.05, 0) is 53.3 Å². The zero-order valence-electron chi connectivity index (χ0n) is 57.9. The Kier molecular flexibility index (Phi) is 30.5. The smallest absolute Gasteiger partial charge is 0.330 e. The third kappa shape index (κ3) is 20.6. The van der Waals surface area contributed by atoms with E-state index in [1.54, 1.807) is 0 Å². The van der Waals surface area contributed by atoms with Crippen LogP contribution in [0.25, 0.3) is 9.69 Å². The van der Waals surface area contributed by atoms with Crippen molar-refractivity contribution in [2.75, 3.05) is 82.2 Å². The summed E-state index contributed by atoms with van der Waals surface area (Å²) < 4.78 is 110. The van der Waals surface area contributed by atoms with E-state index in [1.807, 2.05) is 41.5 Å². The normalized spacial score (nSPS) is 28.5. The largest absolute Gasteiger partial charge is 0.400 e. The summed E-state index contributed by atoms with van der Waals surface area (Å²) in [5, 5.41) is 16.2.